The van der Waals surface area contributed by atoms with Crippen molar-refractivity contribution in [3.05, 3.63) is 57.7 Å². The van der Waals surface area contributed by atoms with E-state index in [4.69, 9.17) is 14.9 Å². The first-order chi connectivity index (χ1) is 10.3. The molecule has 0 unspecified atom stereocenters. The molecule has 0 atom stereocenters. The summed E-state index contributed by atoms with van der Waals surface area (Å²) in [5.74, 6) is 0. The Morgan fingerprint density at radius 3 is 1.76 bits per heavy atom. The number of fused-ring (bicyclic) bond motifs is 2. The first-order valence-corrected chi connectivity index (χ1v) is 6.46. The van der Waals surface area contributed by atoms with Gasteiger partial charge in [0.1, 0.15) is 11.2 Å². The average Bonchev–Trinajstić information content (AvgIpc) is 2.50. The molecule has 0 fully saturated rings. The van der Waals surface area contributed by atoms with Crippen molar-refractivity contribution in [3.63, 3.8) is 0 Å². The standard InChI is InChI=1S/C17H10N2O2/c18-9-7-11-3-1-5-13-15(20)14-6-2-4-12(8-10-19)17(14)21-16(11)13/h1-6H,7-8H2. The molecule has 3 aromatic rings. The molecule has 1 heterocycles. The van der Waals surface area contributed by atoms with E-state index in [2.05, 4.69) is 12.1 Å². The van der Waals surface area contributed by atoms with E-state index >= 15 is 0 Å². The lowest BCUT2D eigenvalue weighted by Crippen LogP contribution is -2.04. The highest BCUT2D eigenvalue weighted by Gasteiger charge is 2.13. The minimum absolute atomic E-state index is 0.133. The molecule has 0 aliphatic carbocycles. The zero-order chi connectivity index (χ0) is 14.8. The van der Waals surface area contributed by atoms with Gasteiger partial charge in [-0.15, -0.1) is 0 Å². The van der Waals surface area contributed by atoms with Gasteiger partial charge in [-0.25, -0.2) is 0 Å². The molecule has 21 heavy (non-hydrogen) atoms. The molecule has 0 saturated heterocycles. The predicted octanol–water partition coefficient (Wildman–Crippen LogP) is 3.08. The predicted molar refractivity (Wildman–Crippen MR) is 78.6 cm³/mol. The second kappa shape index (κ2) is 5.11. The van der Waals surface area contributed by atoms with Gasteiger partial charge in [-0.3, -0.25) is 4.79 Å². The maximum atomic E-state index is 12.6. The second-order valence-corrected chi connectivity index (χ2v) is 4.69. The van der Waals surface area contributed by atoms with Crippen molar-refractivity contribution in [3.8, 4) is 12.1 Å². The first kappa shape index (κ1) is 12.9. The topological polar surface area (TPSA) is 77.8 Å². The molecule has 0 amide bonds. The van der Waals surface area contributed by atoms with Crippen LogP contribution in [0.4, 0.5) is 0 Å². The van der Waals surface area contributed by atoms with E-state index in [9.17, 15) is 4.79 Å². The molecular formula is C17H10N2O2. The fraction of sp³-hybridized carbons (Fsp3) is 0.118. The van der Waals surface area contributed by atoms with Crippen molar-refractivity contribution < 1.29 is 4.42 Å². The molecule has 4 nitrogen and oxygen atoms in total. The summed E-state index contributed by atoms with van der Waals surface area (Å²) in [6.07, 6.45) is 0.346. The SMILES string of the molecule is N#CCc1cccc2c(=O)c3cccc(CC#N)c3oc12. The number of nitriles is 2. The van der Waals surface area contributed by atoms with E-state index in [1.807, 2.05) is 0 Å². The zero-order valence-corrected chi connectivity index (χ0v) is 11.1. The molecule has 3 rings (SSSR count). The highest BCUT2D eigenvalue weighted by atomic mass is 16.3. The van der Waals surface area contributed by atoms with Crippen molar-refractivity contribution in [2.75, 3.05) is 0 Å². The van der Waals surface area contributed by atoms with Gasteiger partial charge >= 0.3 is 0 Å². The van der Waals surface area contributed by atoms with E-state index in [-0.39, 0.29) is 18.3 Å². The van der Waals surface area contributed by atoms with E-state index in [1.165, 1.54) is 0 Å². The lowest BCUT2D eigenvalue weighted by atomic mass is 10.0. The molecule has 4 heteroatoms. The maximum Gasteiger partial charge on any atom is 0.200 e. The molecule has 0 N–H and O–H groups in total. The van der Waals surface area contributed by atoms with Crippen LogP contribution in [0.2, 0.25) is 0 Å². The van der Waals surface area contributed by atoms with Crippen molar-refractivity contribution in [1.82, 2.24) is 0 Å². The summed E-state index contributed by atoms with van der Waals surface area (Å²) in [4.78, 5) is 12.6. The van der Waals surface area contributed by atoms with E-state index in [1.54, 1.807) is 36.4 Å². The Labute approximate surface area is 120 Å². The van der Waals surface area contributed by atoms with E-state index < -0.39 is 0 Å². The third-order valence-electron chi connectivity index (χ3n) is 3.43. The fourth-order valence-corrected chi connectivity index (χ4v) is 2.46. The van der Waals surface area contributed by atoms with Gasteiger partial charge in [-0.1, -0.05) is 24.3 Å². The Balaban J connectivity index is 2.49. The van der Waals surface area contributed by atoms with Crippen molar-refractivity contribution in [2.45, 2.75) is 12.8 Å². The van der Waals surface area contributed by atoms with Crippen molar-refractivity contribution in [2.24, 2.45) is 0 Å². The van der Waals surface area contributed by atoms with Crippen LogP contribution in [0.3, 0.4) is 0 Å². The van der Waals surface area contributed by atoms with Gasteiger partial charge in [0.25, 0.3) is 0 Å². The van der Waals surface area contributed by atoms with Crippen LogP contribution in [0.1, 0.15) is 11.1 Å². The van der Waals surface area contributed by atoms with Crippen LogP contribution in [0.15, 0.2) is 45.6 Å². The van der Waals surface area contributed by atoms with Gasteiger partial charge in [0.2, 0.25) is 5.43 Å². The highest BCUT2D eigenvalue weighted by molar-refractivity contribution is 5.92. The monoisotopic (exact) mass is 274 g/mol. The van der Waals surface area contributed by atoms with Gasteiger partial charge in [-0.05, 0) is 12.1 Å². The number of hydrogen-bond donors (Lipinski definition) is 0. The molecule has 0 aliphatic heterocycles. The van der Waals surface area contributed by atoms with Crippen LogP contribution in [0, 0.1) is 22.7 Å². The Morgan fingerprint density at radius 1 is 0.857 bits per heavy atom. The molecule has 0 bridgehead atoms. The largest absolute Gasteiger partial charge is 0.455 e. The molecular weight excluding hydrogens is 264 g/mol. The number of rotatable bonds is 2. The molecule has 1 aromatic heterocycles. The molecule has 0 saturated carbocycles. The normalized spacial score (nSPS) is 10.4. The van der Waals surface area contributed by atoms with Gasteiger partial charge in [-0.2, -0.15) is 10.5 Å². The maximum absolute atomic E-state index is 12.6. The average molecular weight is 274 g/mol. The molecule has 2 aromatic carbocycles. The Kier molecular flexibility index (Phi) is 3.14. The molecule has 0 radical (unpaired) electrons. The van der Waals surface area contributed by atoms with Crippen LogP contribution in [0.25, 0.3) is 21.9 Å². The highest BCUT2D eigenvalue weighted by Crippen LogP contribution is 2.24. The summed E-state index contributed by atoms with van der Waals surface area (Å²) in [5, 5.41) is 18.7. The third kappa shape index (κ3) is 2.04. The summed E-state index contributed by atoms with van der Waals surface area (Å²) in [7, 11) is 0. The minimum atomic E-state index is -0.133. The van der Waals surface area contributed by atoms with Crippen LogP contribution in [0.5, 0.6) is 0 Å². The quantitative estimate of drug-likeness (QED) is 0.673. The Hall–Kier alpha value is -3.11. The smallest absolute Gasteiger partial charge is 0.200 e. The Morgan fingerprint density at radius 2 is 1.33 bits per heavy atom. The lowest BCUT2D eigenvalue weighted by Gasteiger charge is -2.06. The lowest BCUT2D eigenvalue weighted by molar-refractivity contribution is 0.651. The minimum Gasteiger partial charge on any atom is -0.455 e. The molecule has 0 aliphatic rings. The van der Waals surface area contributed by atoms with Crippen molar-refractivity contribution >= 4 is 21.9 Å². The van der Waals surface area contributed by atoms with Gasteiger partial charge in [0.15, 0.2) is 0 Å². The summed E-state index contributed by atoms with van der Waals surface area (Å²) in [5.41, 5.74) is 2.09. The van der Waals surface area contributed by atoms with Crippen LogP contribution < -0.4 is 5.43 Å². The van der Waals surface area contributed by atoms with Crippen molar-refractivity contribution in [1.29, 1.82) is 10.5 Å². The van der Waals surface area contributed by atoms with E-state index in [0.717, 1.165) is 0 Å². The fourth-order valence-electron chi connectivity index (χ4n) is 2.46. The summed E-state index contributed by atoms with van der Waals surface area (Å²) in [6, 6.07) is 14.6. The number of benzene rings is 2. The third-order valence-corrected chi connectivity index (χ3v) is 3.43. The zero-order valence-electron chi connectivity index (χ0n) is 11.1. The molecule has 100 valence electrons. The van der Waals surface area contributed by atoms with Crippen LogP contribution >= 0.6 is 0 Å². The first-order valence-electron chi connectivity index (χ1n) is 6.46. The summed E-state index contributed by atoms with van der Waals surface area (Å²) in [6.45, 7) is 0. The number of hydrogen-bond acceptors (Lipinski definition) is 4. The second-order valence-electron chi connectivity index (χ2n) is 4.69. The summed E-state index contributed by atoms with van der Waals surface area (Å²) < 4.78 is 5.89. The van der Waals surface area contributed by atoms with Crippen LogP contribution in [-0.2, 0) is 12.8 Å². The number of para-hydroxylation sites is 2. The van der Waals surface area contributed by atoms with Gasteiger partial charge < -0.3 is 4.42 Å². The summed E-state index contributed by atoms with van der Waals surface area (Å²) >= 11 is 0. The Bertz CT molecular complexity index is 911. The van der Waals surface area contributed by atoms with Gasteiger partial charge in [0, 0.05) is 11.1 Å². The number of nitrogens with zero attached hydrogens (tertiary/aromatic N) is 2. The van der Waals surface area contributed by atoms with E-state index in [0.29, 0.717) is 33.1 Å². The van der Waals surface area contributed by atoms with Crippen LogP contribution in [-0.4, -0.2) is 0 Å². The molecule has 0 spiro atoms. The van der Waals surface area contributed by atoms with Gasteiger partial charge in [0.05, 0.1) is 35.8 Å².